The Morgan fingerprint density at radius 2 is 1.84 bits per heavy atom. The third-order valence-electron chi connectivity index (χ3n) is 3.34. The molecule has 1 fully saturated rings. The zero-order chi connectivity index (χ0) is 13.4. The summed E-state index contributed by atoms with van der Waals surface area (Å²) in [7, 11) is -0.659. The summed E-state index contributed by atoms with van der Waals surface area (Å²) in [5, 5.41) is 4.08. The molecule has 0 radical (unpaired) electrons. The highest BCUT2D eigenvalue weighted by atomic mass is 32.2. The molecular weight excluding hydrogens is 278 g/mol. The predicted molar refractivity (Wildman–Crippen MR) is 81.6 cm³/mol. The molecule has 1 saturated heterocycles. The fraction of sp³-hybridized carbons (Fsp3) is 0.538. The van der Waals surface area contributed by atoms with Crippen molar-refractivity contribution in [3.05, 3.63) is 16.5 Å². The Morgan fingerprint density at radius 1 is 1.21 bits per heavy atom. The molecule has 0 N–H and O–H groups in total. The molecule has 0 amide bonds. The van der Waals surface area contributed by atoms with Gasteiger partial charge in [-0.2, -0.15) is 0 Å². The lowest BCUT2D eigenvalue weighted by molar-refractivity contribution is 0.671. The minimum absolute atomic E-state index is 0.347. The second-order valence-corrected chi connectivity index (χ2v) is 7.50. The first-order valence-corrected chi connectivity index (χ1v) is 8.92. The zero-order valence-corrected chi connectivity index (χ0v) is 12.8. The van der Waals surface area contributed by atoms with Crippen LogP contribution in [0.5, 0.6) is 0 Å². The van der Waals surface area contributed by atoms with E-state index in [2.05, 4.69) is 18.7 Å². The van der Waals surface area contributed by atoms with E-state index in [4.69, 9.17) is 9.97 Å². The van der Waals surface area contributed by atoms with Crippen molar-refractivity contribution in [3.8, 4) is 0 Å². The van der Waals surface area contributed by atoms with Crippen LogP contribution in [-0.2, 0) is 10.8 Å². The largest absolute Gasteiger partial charge is 0.353 e. The summed E-state index contributed by atoms with van der Waals surface area (Å²) in [6, 6.07) is 0. The van der Waals surface area contributed by atoms with Crippen LogP contribution in [0, 0.1) is 0 Å². The quantitative estimate of drug-likeness (QED) is 0.853. The predicted octanol–water partition coefficient (Wildman–Crippen LogP) is 2.38. The van der Waals surface area contributed by atoms with Crippen LogP contribution in [0.4, 0.5) is 5.82 Å². The van der Waals surface area contributed by atoms with Crippen molar-refractivity contribution in [1.82, 2.24) is 9.97 Å². The van der Waals surface area contributed by atoms with Crippen molar-refractivity contribution in [1.29, 1.82) is 0 Å². The summed E-state index contributed by atoms with van der Waals surface area (Å²) < 4.78 is 11.5. The van der Waals surface area contributed by atoms with Crippen molar-refractivity contribution < 1.29 is 4.21 Å². The lowest BCUT2D eigenvalue weighted by Crippen LogP contribution is -2.39. The Balaban J connectivity index is 2.04. The molecule has 0 spiro atoms. The first kappa shape index (κ1) is 13.0. The summed E-state index contributed by atoms with van der Waals surface area (Å²) in [6.45, 7) is 5.93. The molecule has 0 aliphatic carbocycles. The first-order valence-electron chi connectivity index (χ1n) is 6.49. The van der Waals surface area contributed by atoms with Gasteiger partial charge in [-0.25, -0.2) is 9.97 Å². The smallest absolute Gasteiger partial charge is 0.151 e. The fourth-order valence-corrected chi connectivity index (χ4v) is 4.00. The summed E-state index contributed by atoms with van der Waals surface area (Å²) in [6.07, 6.45) is 0. The second kappa shape index (κ2) is 5.17. The normalized spacial score (nSPS) is 17.5. The second-order valence-electron chi connectivity index (χ2n) is 5.06. The van der Waals surface area contributed by atoms with Gasteiger partial charge >= 0.3 is 0 Å². The summed E-state index contributed by atoms with van der Waals surface area (Å²) in [4.78, 5) is 11.8. The lowest BCUT2D eigenvalue weighted by Gasteiger charge is -2.29. The highest BCUT2D eigenvalue weighted by molar-refractivity contribution is 7.85. The van der Waals surface area contributed by atoms with E-state index in [0.717, 1.165) is 47.1 Å². The Morgan fingerprint density at radius 3 is 2.47 bits per heavy atom. The molecule has 6 heteroatoms. The molecule has 2 aromatic rings. The van der Waals surface area contributed by atoms with Gasteiger partial charge in [0, 0.05) is 46.2 Å². The van der Waals surface area contributed by atoms with Gasteiger partial charge in [0.25, 0.3) is 0 Å². The minimum atomic E-state index is -0.659. The van der Waals surface area contributed by atoms with Gasteiger partial charge in [-0.3, -0.25) is 4.21 Å². The standard InChI is InChI=1S/C13H17N3OS2/c1-9(2)12-13(16-3-5-19(17)6-4-16)15-11-8-18-7-10(11)14-12/h7-9H,3-6H2,1-2H3. The number of anilines is 1. The summed E-state index contributed by atoms with van der Waals surface area (Å²) in [5.74, 6) is 2.80. The van der Waals surface area contributed by atoms with Crippen LogP contribution in [-0.4, -0.2) is 38.8 Å². The van der Waals surface area contributed by atoms with Gasteiger partial charge in [-0.05, 0) is 5.92 Å². The van der Waals surface area contributed by atoms with Crippen LogP contribution < -0.4 is 4.90 Å². The third kappa shape index (κ3) is 2.51. The highest BCUT2D eigenvalue weighted by Gasteiger charge is 2.22. The van der Waals surface area contributed by atoms with E-state index in [-0.39, 0.29) is 0 Å². The van der Waals surface area contributed by atoms with Crippen LogP contribution in [0.2, 0.25) is 0 Å². The van der Waals surface area contributed by atoms with E-state index < -0.39 is 10.8 Å². The Hall–Kier alpha value is -1.01. The molecule has 0 unspecified atom stereocenters. The molecule has 1 aliphatic rings. The number of hydrogen-bond donors (Lipinski definition) is 0. The van der Waals surface area contributed by atoms with E-state index in [9.17, 15) is 4.21 Å². The van der Waals surface area contributed by atoms with E-state index in [0.29, 0.717) is 5.92 Å². The maximum absolute atomic E-state index is 11.5. The summed E-state index contributed by atoms with van der Waals surface area (Å²) in [5.41, 5.74) is 3.01. The maximum Gasteiger partial charge on any atom is 0.151 e. The van der Waals surface area contributed by atoms with Crippen LogP contribution in [0.3, 0.4) is 0 Å². The van der Waals surface area contributed by atoms with Gasteiger partial charge < -0.3 is 4.90 Å². The molecule has 4 nitrogen and oxygen atoms in total. The molecule has 2 aromatic heterocycles. The molecular formula is C13H17N3OS2. The minimum Gasteiger partial charge on any atom is -0.353 e. The molecule has 3 rings (SSSR count). The number of hydrogen-bond acceptors (Lipinski definition) is 5. The number of aromatic nitrogens is 2. The Labute approximate surface area is 119 Å². The number of thiophene rings is 1. The van der Waals surface area contributed by atoms with E-state index in [1.165, 1.54) is 0 Å². The average Bonchev–Trinajstić information content (AvgIpc) is 2.85. The van der Waals surface area contributed by atoms with Crippen LogP contribution in [0.1, 0.15) is 25.5 Å². The van der Waals surface area contributed by atoms with Crippen LogP contribution >= 0.6 is 11.3 Å². The van der Waals surface area contributed by atoms with E-state index >= 15 is 0 Å². The van der Waals surface area contributed by atoms with Crippen molar-refractivity contribution in [3.63, 3.8) is 0 Å². The van der Waals surface area contributed by atoms with Gasteiger partial charge in [-0.15, -0.1) is 11.3 Å². The van der Waals surface area contributed by atoms with Crippen molar-refractivity contribution in [2.75, 3.05) is 29.5 Å². The molecule has 102 valence electrons. The van der Waals surface area contributed by atoms with Gasteiger partial charge in [0.2, 0.25) is 0 Å². The molecule has 0 saturated carbocycles. The van der Waals surface area contributed by atoms with Crippen molar-refractivity contribution in [2.45, 2.75) is 19.8 Å². The van der Waals surface area contributed by atoms with Crippen LogP contribution in [0.15, 0.2) is 10.8 Å². The first-order chi connectivity index (χ1) is 9.15. The van der Waals surface area contributed by atoms with E-state index in [1.807, 2.05) is 10.8 Å². The third-order valence-corrected chi connectivity index (χ3v) is 5.34. The van der Waals surface area contributed by atoms with E-state index in [1.54, 1.807) is 11.3 Å². The van der Waals surface area contributed by atoms with Gasteiger partial charge in [-0.1, -0.05) is 13.8 Å². The molecule has 0 atom stereocenters. The molecule has 3 heterocycles. The monoisotopic (exact) mass is 295 g/mol. The maximum atomic E-state index is 11.5. The van der Waals surface area contributed by atoms with Crippen LogP contribution in [0.25, 0.3) is 11.0 Å². The summed E-state index contributed by atoms with van der Waals surface area (Å²) >= 11 is 1.64. The van der Waals surface area contributed by atoms with Gasteiger partial charge in [0.15, 0.2) is 5.82 Å². The van der Waals surface area contributed by atoms with Crippen molar-refractivity contribution in [2.24, 2.45) is 0 Å². The topological polar surface area (TPSA) is 46.1 Å². The number of fused-ring (bicyclic) bond motifs is 1. The molecule has 1 aliphatic heterocycles. The Bertz CT molecular complexity index is 613. The fourth-order valence-electron chi connectivity index (χ4n) is 2.27. The SMILES string of the molecule is CC(C)c1nc2cscc2nc1N1CCS(=O)CC1. The molecule has 0 bridgehead atoms. The van der Waals surface area contributed by atoms with Gasteiger partial charge in [0.05, 0.1) is 11.2 Å². The highest BCUT2D eigenvalue weighted by Crippen LogP contribution is 2.28. The molecule has 0 aromatic carbocycles. The van der Waals surface area contributed by atoms with Gasteiger partial charge in [0.1, 0.15) is 5.52 Å². The van der Waals surface area contributed by atoms with Crippen molar-refractivity contribution >= 4 is 39.0 Å². The lowest BCUT2D eigenvalue weighted by atomic mass is 10.1. The number of rotatable bonds is 2. The zero-order valence-electron chi connectivity index (χ0n) is 11.1. The number of nitrogens with zero attached hydrogens (tertiary/aromatic N) is 3. The Kier molecular flexibility index (Phi) is 3.54. The molecule has 19 heavy (non-hydrogen) atoms. The average molecular weight is 295 g/mol.